The fourth-order valence-electron chi connectivity index (χ4n) is 3.87. The summed E-state index contributed by atoms with van der Waals surface area (Å²) in [5, 5.41) is 2.38. The third-order valence-electron chi connectivity index (χ3n) is 5.67. The number of rotatable bonds is 9. The standard InChI is InChI=1S/C26H24Cl4N2O.ClH/c27-21-7-6-20(24(29)14-21)17-33-26(23-9-8-22(28)15-25(23)30)16-32-13-12-31(18-32)11-10-19-4-2-1-3-5-19;/h1-9,12-15,26H,10-11,16-18H2;1H. The number of benzene rings is 3. The van der Waals surface area contributed by atoms with E-state index >= 15 is 0 Å². The van der Waals surface area contributed by atoms with Crippen LogP contribution in [0.15, 0.2) is 79.1 Å². The molecule has 0 spiro atoms. The van der Waals surface area contributed by atoms with Crippen LogP contribution in [0.3, 0.4) is 0 Å². The molecule has 3 aromatic rings. The van der Waals surface area contributed by atoms with E-state index in [1.165, 1.54) is 10.5 Å². The Morgan fingerprint density at radius 3 is 2.29 bits per heavy atom. The van der Waals surface area contributed by atoms with Gasteiger partial charge >= 0.3 is 0 Å². The molecule has 0 fully saturated rings. The van der Waals surface area contributed by atoms with Gasteiger partial charge < -0.3 is 22.0 Å². The third-order valence-corrected chi connectivity index (χ3v) is 6.82. The smallest absolute Gasteiger partial charge is 0.157 e. The number of nitrogens with one attached hydrogen (secondary N) is 1. The minimum Gasteiger partial charge on any atom is -1.00 e. The minimum atomic E-state index is -0.227. The normalized spacial score (nSPS) is 15.9. The lowest BCUT2D eigenvalue weighted by Gasteiger charge is -2.24. The van der Waals surface area contributed by atoms with E-state index in [4.69, 9.17) is 51.1 Å². The number of ether oxygens (including phenoxy) is 1. The van der Waals surface area contributed by atoms with Crippen molar-refractivity contribution in [3.05, 3.63) is 116 Å². The van der Waals surface area contributed by atoms with Crippen molar-refractivity contribution in [2.75, 3.05) is 19.8 Å². The number of hydrogen-bond donors (Lipinski definition) is 1. The molecule has 8 heteroatoms. The second-order valence-electron chi connectivity index (χ2n) is 8.09. The van der Waals surface area contributed by atoms with E-state index < -0.39 is 0 Å². The van der Waals surface area contributed by atoms with E-state index in [-0.39, 0.29) is 18.5 Å². The predicted octanol–water partition coefficient (Wildman–Crippen LogP) is 3.43. The first-order valence-corrected chi connectivity index (χ1v) is 12.3. The highest BCUT2D eigenvalue weighted by molar-refractivity contribution is 6.35. The zero-order chi connectivity index (χ0) is 23.2. The number of nitrogens with zero attached hydrogens (tertiary/aromatic N) is 1. The lowest BCUT2D eigenvalue weighted by atomic mass is 10.1. The second kappa shape index (κ2) is 13.0. The molecule has 3 aromatic carbocycles. The van der Waals surface area contributed by atoms with Crippen molar-refractivity contribution < 1.29 is 22.0 Å². The molecule has 0 aromatic heterocycles. The molecule has 1 heterocycles. The van der Waals surface area contributed by atoms with Crippen LogP contribution < -0.4 is 17.3 Å². The van der Waals surface area contributed by atoms with Gasteiger partial charge in [-0.15, -0.1) is 0 Å². The Bertz CT molecular complexity index is 1110. The van der Waals surface area contributed by atoms with Crippen LogP contribution in [0.1, 0.15) is 22.8 Å². The highest BCUT2D eigenvalue weighted by Gasteiger charge is 2.25. The van der Waals surface area contributed by atoms with Gasteiger partial charge in [-0.2, -0.15) is 0 Å². The average Bonchev–Trinajstić information content (AvgIpc) is 3.24. The van der Waals surface area contributed by atoms with Crippen molar-refractivity contribution in [2.45, 2.75) is 19.1 Å². The summed E-state index contributed by atoms with van der Waals surface area (Å²) in [6, 6.07) is 21.5. The van der Waals surface area contributed by atoms with Gasteiger partial charge in [0.25, 0.3) is 0 Å². The van der Waals surface area contributed by atoms with Gasteiger partial charge in [0, 0.05) is 32.2 Å². The van der Waals surface area contributed by atoms with Crippen molar-refractivity contribution in [2.24, 2.45) is 0 Å². The Kier molecular flexibility index (Phi) is 10.4. The predicted molar refractivity (Wildman–Crippen MR) is 137 cm³/mol. The number of halogens is 5. The molecule has 4 rings (SSSR count). The van der Waals surface area contributed by atoms with E-state index in [1.54, 1.807) is 12.1 Å². The fourth-order valence-corrected chi connectivity index (χ4v) is 4.86. The lowest BCUT2D eigenvalue weighted by molar-refractivity contribution is -0.853. The first-order chi connectivity index (χ1) is 16.0. The van der Waals surface area contributed by atoms with Crippen molar-refractivity contribution in [3.8, 4) is 0 Å². The summed E-state index contributed by atoms with van der Waals surface area (Å²) < 4.78 is 6.35. The Labute approximate surface area is 227 Å². The maximum absolute atomic E-state index is 6.54. The summed E-state index contributed by atoms with van der Waals surface area (Å²) in [5.74, 6) is 0. The van der Waals surface area contributed by atoms with Crippen LogP contribution >= 0.6 is 46.4 Å². The lowest BCUT2D eigenvalue weighted by Crippen LogP contribution is -3.07. The quantitative estimate of drug-likeness (QED) is 0.434. The van der Waals surface area contributed by atoms with Gasteiger partial charge in [0.15, 0.2) is 6.67 Å². The van der Waals surface area contributed by atoms with E-state index in [2.05, 4.69) is 41.6 Å². The monoisotopic (exact) mass is 556 g/mol. The summed E-state index contributed by atoms with van der Waals surface area (Å²) >= 11 is 25.1. The molecule has 0 aliphatic carbocycles. The van der Waals surface area contributed by atoms with E-state index in [0.717, 1.165) is 37.3 Å². The van der Waals surface area contributed by atoms with Gasteiger partial charge in [0.1, 0.15) is 18.8 Å². The van der Waals surface area contributed by atoms with Crippen LogP contribution in [0.4, 0.5) is 0 Å². The Morgan fingerprint density at radius 2 is 1.59 bits per heavy atom. The van der Waals surface area contributed by atoms with Crippen LogP contribution in [-0.2, 0) is 17.8 Å². The summed E-state index contributed by atoms with van der Waals surface area (Å²) in [6.45, 7) is 2.93. The minimum absolute atomic E-state index is 0. The van der Waals surface area contributed by atoms with E-state index in [1.807, 2.05) is 30.3 Å². The maximum atomic E-state index is 6.54. The molecular formula is C26H25Cl5N2O. The first kappa shape index (κ1) is 27.2. The van der Waals surface area contributed by atoms with Crippen molar-refractivity contribution in [3.63, 3.8) is 0 Å². The average molecular weight is 559 g/mol. The highest BCUT2D eigenvalue weighted by Crippen LogP contribution is 2.30. The topological polar surface area (TPSA) is 16.9 Å². The van der Waals surface area contributed by atoms with Gasteiger partial charge in [0.2, 0.25) is 0 Å². The van der Waals surface area contributed by atoms with Gasteiger partial charge in [-0.05, 0) is 41.8 Å². The zero-order valence-corrected chi connectivity index (χ0v) is 22.1. The largest absolute Gasteiger partial charge is 1.00 e. The molecule has 2 atom stereocenters. The molecule has 1 aliphatic heterocycles. The molecule has 0 saturated carbocycles. The van der Waals surface area contributed by atoms with Gasteiger partial charge in [-0.1, -0.05) is 88.9 Å². The Morgan fingerprint density at radius 1 is 0.882 bits per heavy atom. The molecule has 3 nitrogen and oxygen atoms in total. The molecule has 0 radical (unpaired) electrons. The van der Waals surface area contributed by atoms with E-state index in [9.17, 15) is 0 Å². The first-order valence-electron chi connectivity index (χ1n) is 10.8. The number of hydrogen-bond acceptors (Lipinski definition) is 2. The molecule has 34 heavy (non-hydrogen) atoms. The maximum Gasteiger partial charge on any atom is 0.157 e. The van der Waals surface area contributed by atoms with Crippen molar-refractivity contribution in [1.29, 1.82) is 0 Å². The molecule has 1 N–H and O–H groups in total. The molecule has 1 aliphatic rings. The summed E-state index contributed by atoms with van der Waals surface area (Å²) in [6.07, 6.45) is 5.13. The van der Waals surface area contributed by atoms with E-state index in [0.29, 0.717) is 26.7 Å². The molecule has 0 amide bonds. The zero-order valence-electron chi connectivity index (χ0n) is 18.4. The van der Waals surface area contributed by atoms with Gasteiger partial charge in [-0.25, -0.2) is 0 Å². The molecule has 0 bridgehead atoms. The summed E-state index contributed by atoms with van der Waals surface area (Å²) in [4.78, 5) is 3.63. The molecule has 0 saturated heterocycles. The van der Waals surface area contributed by atoms with Crippen molar-refractivity contribution in [1.82, 2.24) is 4.90 Å². The summed E-state index contributed by atoms with van der Waals surface area (Å²) in [7, 11) is 0. The van der Waals surface area contributed by atoms with Gasteiger partial charge in [0.05, 0.1) is 12.8 Å². The molecule has 180 valence electrons. The summed E-state index contributed by atoms with van der Waals surface area (Å²) in [5.41, 5.74) is 3.13. The molecular weight excluding hydrogens is 534 g/mol. The Balaban J connectivity index is 0.00000324. The Hall–Kier alpha value is -1.43. The van der Waals surface area contributed by atoms with Gasteiger partial charge in [-0.3, -0.25) is 4.90 Å². The van der Waals surface area contributed by atoms with Crippen LogP contribution in [0, 0.1) is 0 Å². The van der Waals surface area contributed by atoms with Crippen LogP contribution in [0.2, 0.25) is 20.1 Å². The van der Waals surface area contributed by atoms with Crippen molar-refractivity contribution >= 4 is 46.4 Å². The molecule has 2 unspecified atom stereocenters. The fraction of sp³-hybridized carbons (Fsp3) is 0.231. The van der Waals surface area contributed by atoms with Crippen LogP contribution in [-0.4, -0.2) is 24.7 Å². The number of quaternary nitrogens is 1. The second-order valence-corrected chi connectivity index (χ2v) is 9.77. The van der Waals surface area contributed by atoms with Crippen LogP contribution in [0.25, 0.3) is 0 Å². The highest BCUT2D eigenvalue weighted by atomic mass is 35.5. The van der Waals surface area contributed by atoms with Crippen LogP contribution in [0.5, 0.6) is 0 Å². The third kappa shape index (κ3) is 7.53. The SMILES string of the molecule is Clc1ccc(COC(C[NH+]2C=CN(CCc3ccccc3)C2)c2ccc(Cl)cc2Cl)c(Cl)c1.[Cl-].